The zero-order valence-corrected chi connectivity index (χ0v) is 12.1. The third-order valence-electron chi connectivity index (χ3n) is 3.53. The van der Waals surface area contributed by atoms with Gasteiger partial charge in [-0.1, -0.05) is 0 Å². The van der Waals surface area contributed by atoms with Crippen LogP contribution in [0.3, 0.4) is 0 Å². The van der Waals surface area contributed by atoms with Gasteiger partial charge >= 0.3 is 0 Å². The lowest BCUT2D eigenvalue weighted by Gasteiger charge is -2.19. The summed E-state index contributed by atoms with van der Waals surface area (Å²) in [5.74, 6) is -0.196. The van der Waals surface area contributed by atoms with Crippen molar-refractivity contribution in [3.8, 4) is 11.3 Å². The molecule has 0 radical (unpaired) electrons. The summed E-state index contributed by atoms with van der Waals surface area (Å²) in [7, 11) is 2.03. The predicted molar refractivity (Wildman–Crippen MR) is 79.5 cm³/mol. The van der Waals surface area contributed by atoms with Crippen molar-refractivity contribution in [2.24, 2.45) is 0 Å². The van der Waals surface area contributed by atoms with E-state index in [-0.39, 0.29) is 5.82 Å². The minimum absolute atomic E-state index is 0.196. The van der Waals surface area contributed by atoms with E-state index < -0.39 is 0 Å². The lowest BCUT2D eigenvalue weighted by atomic mass is 10.0. The second-order valence-electron chi connectivity index (χ2n) is 5.30. The van der Waals surface area contributed by atoms with E-state index in [9.17, 15) is 4.39 Å². The van der Waals surface area contributed by atoms with Crippen molar-refractivity contribution in [1.29, 1.82) is 0 Å². The van der Waals surface area contributed by atoms with Crippen LogP contribution in [0.2, 0.25) is 0 Å². The summed E-state index contributed by atoms with van der Waals surface area (Å²) in [6.45, 7) is 3.34. The Labute approximate surface area is 123 Å². The van der Waals surface area contributed by atoms with Gasteiger partial charge in [0.25, 0.3) is 0 Å². The molecule has 21 heavy (non-hydrogen) atoms. The molecule has 0 unspecified atom stereocenters. The minimum atomic E-state index is -0.196. The summed E-state index contributed by atoms with van der Waals surface area (Å²) in [4.78, 5) is 12.8. The summed E-state index contributed by atoms with van der Waals surface area (Å²) < 4.78 is 13.4. The Hall–Kier alpha value is -2.43. The van der Waals surface area contributed by atoms with Crippen molar-refractivity contribution in [3.05, 3.63) is 60.1 Å². The highest BCUT2D eigenvalue weighted by molar-refractivity contribution is 5.63. The average Bonchev–Trinajstić information content (AvgIpc) is 2.88. The van der Waals surface area contributed by atoms with Crippen molar-refractivity contribution < 1.29 is 4.39 Å². The Morgan fingerprint density at radius 3 is 2.86 bits per heavy atom. The maximum absolute atomic E-state index is 13.4. The SMILES string of the molecule is Cc1cc(-c2ncncc2CN2C=CN(C)C2)ccc1F. The average molecular weight is 284 g/mol. The lowest BCUT2D eigenvalue weighted by molar-refractivity contribution is 0.291. The van der Waals surface area contributed by atoms with Gasteiger partial charge in [0.15, 0.2) is 0 Å². The van der Waals surface area contributed by atoms with Gasteiger partial charge in [0.2, 0.25) is 0 Å². The molecule has 3 rings (SSSR count). The van der Waals surface area contributed by atoms with E-state index >= 15 is 0 Å². The number of hydrogen-bond donors (Lipinski definition) is 0. The highest BCUT2D eigenvalue weighted by Crippen LogP contribution is 2.24. The van der Waals surface area contributed by atoms with E-state index in [4.69, 9.17) is 0 Å². The number of halogens is 1. The number of rotatable bonds is 3. The zero-order valence-electron chi connectivity index (χ0n) is 12.1. The second kappa shape index (κ2) is 5.52. The van der Waals surface area contributed by atoms with Gasteiger partial charge in [-0.2, -0.15) is 0 Å². The Morgan fingerprint density at radius 1 is 1.29 bits per heavy atom. The first-order valence-electron chi connectivity index (χ1n) is 6.81. The predicted octanol–water partition coefficient (Wildman–Crippen LogP) is 2.77. The molecule has 1 aliphatic rings. The van der Waals surface area contributed by atoms with Gasteiger partial charge in [-0.25, -0.2) is 14.4 Å². The van der Waals surface area contributed by atoms with Gasteiger partial charge in [-0.05, 0) is 30.7 Å². The molecule has 4 nitrogen and oxygen atoms in total. The van der Waals surface area contributed by atoms with E-state index in [1.165, 1.54) is 12.4 Å². The molecule has 2 heterocycles. The van der Waals surface area contributed by atoms with E-state index in [0.29, 0.717) is 5.56 Å². The van der Waals surface area contributed by atoms with Crippen LogP contribution in [0.1, 0.15) is 11.1 Å². The highest BCUT2D eigenvalue weighted by Gasteiger charge is 2.14. The fourth-order valence-electron chi connectivity index (χ4n) is 2.44. The number of nitrogens with zero attached hydrogens (tertiary/aromatic N) is 4. The first-order valence-corrected chi connectivity index (χ1v) is 6.81. The molecule has 0 saturated carbocycles. The third-order valence-corrected chi connectivity index (χ3v) is 3.53. The molecule has 1 aromatic carbocycles. The molecule has 0 fully saturated rings. The number of hydrogen-bond acceptors (Lipinski definition) is 4. The topological polar surface area (TPSA) is 32.3 Å². The first kappa shape index (κ1) is 13.5. The van der Waals surface area contributed by atoms with E-state index in [1.54, 1.807) is 13.0 Å². The van der Waals surface area contributed by atoms with Crippen LogP contribution in [-0.4, -0.2) is 33.5 Å². The van der Waals surface area contributed by atoms with E-state index in [0.717, 1.165) is 30.0 Å². The van der Waals surface area contributed by atoms with Crippen molar-refractivity contribution in [1.82, 2.24) is 19.8 Å². The normalized spacial score (nSPS) is 14.0. The standard InChI is InChI=1S/C16H17FN4/c1-12-7-13(3-4-15(12)17)16-14(8-18-10-19-16)9-21-6-5-20(2)11-21/h3-8,10H,9,11H2,1-2H3. The van der Waals surface area contributed by atoms with Crippen LogP contribution in [0, 0.1) is 12.7 Å². The highest BCUT2D eigenvalue weighted by atomic mass is 19.1. The van der Waals surface area contributed by atoms with Crippen molar-refractivity contribution >= 4 is 0 Å². The fourth-order valence-corrected chi connectivity index (χ4v) is 2.44. The largest absolute Gasteiger partial charge is 0.362 e. The minimum Gasteiger partial charge on any atom is -0.362 e. The van der Waals surface area contributed by atoms with Crippen molar-refractivity contribution in [2.75, 3.05) is 13.7 Å². The van der Waals surface area contributed by atoms with Crippen LogP contribution >= 0.6 is 0 Å². The molecule has 0 saturated heterocycles. The summed E-state index contributed by atoms with van der Waals surface area (Å²) in [5.41, 5.74) is 3.43. The number of aromatic nitrogens is 2. The molecule has 0 N–H and O–H groups in total. The van der Waals surface area contributed by atoms with Crippen LogP contribution in [0.15, 0.2) is 43.1 Å². The molecule has 0 spiro atoms. The Bertz CT molecular complexity index is 684. The quantitative estimate of drug-likeness (QED) is 0.867. The molecule has 5 heteroatoms. The number of benzene rings is 1. The van der Waals surface area contributed by atoms with Crippen LogP contribution in [0.25, 0.3) is 11.3 Å². The monoisotopic (exact) mass is 284 g/mol. The smallest absolute Gasteiger partial charge is 0.126 e. The van der Waals surface area contributed by atoms with Gasteiger partial charge in [-0.15, -0.1) is 0 Å². The third kappa shape index (κ3) is 2.86. The second-order valence-corrected chi connectivity index (χ2v) is 5.30. The van der Waals surface area contributed by atoms with Crippen molar-refractivity contribution in [2.45, 2.75) is 13.5 Å². The molecule has 1 aromatic heterocycles. The summed E-state index contributed by atoms with van der Waals surface area (Å²) in [6.07, 6.45) is 7.44. The molecule has 0 bridgehead atoms. The molecule has 0 amide bonds. The molecule has 1 aliphatic heterocycles. The molecule has 108 valence electrons. The van der Waals surface area contributed by atoms with Crippen LogP contribution in [0.4, 0.5) is 4.39 Å². The van der Waals surface area contributed by atoms with Crippen LogP contribution in [-0.2, 0) is 6.54 Å². The molecule has 0 aliphatic carbocycles. The van der Waals surface area contributed by atoms with E-state index in [1.807, 2.05) is 31.7 Å². The van der Waals surface area contributed by atoms with Gasteiger partial charge < -0.3 is 9.80 Å². The summed E-state index contributed by atoms with van der Waals surface area (Å²) >= 11 is 0. The number of aryl methyl sites for hydroxylation is 1. The van der Waals surface area contributed by atoms with Crippen molar-refractivity contribution in [3.63, 3.8) is 0 Å². The first-order chi connectivity index (χ1) is 10.1. The van der Waals surface area contributed by atoms with Gasteiger partial charge in [-0.3, -0.25) is 0 Å². The van der Waals surface area contributed by atoms with Gasteiger partial charge in [0.1, 0.15) is 12.1 Å². The fraction of sp³-hybridized carbons (Fsp3) is 0.250. The summed E-state index contributed by atoms with van der Waals surface area (Å²) in [6, 6.07) is 5.08. The molecular formula is C16H17FN4. The lowest BCUT2D eigenvalue weighted by Crippen LogP contribution is -2.22. The zero-order chi connectivity index (χ0) is 14.8. The Morgan fingerprint density at radius 2 is 2.14 bits per heavy atom. The molecule has 0 atom stereocenters. The van der Waals surface area contributed by atoms with Gasteiger partial charge in [0.05, 0.1) is 12.4 Å². The van der Waals surface area contributed by atoms with Crippen LogP contribution < -0.4 is 0 Å². The molecule has 2 aromatic rings. The summed E-state index contributed by atoms with van der Waals surface area (Å²) in [5, 5.41) is 0. The Kier molecular flexibility index (Phi) is 3.56. The van der Waals surface area contributed by atoms with Crippen LogP contribution in [0.5, 0.6) is 0 Å². The van der Waals surface area contributed by atoms with Gasteiger partial charge in [0, 0.05) is 43.3 Å². The maximum Gasteiger partial charge on any atom is 0.126 e. The molecular weight excluding hydrogens is 267 g/mol. The Balaban J connectivity index is 1.92. The van der Waals surface area contributed by atoms with E-state index in [2.05, 4.69) is 19.8 Å². The maximum atomic E-state index is 13.4.